The van der Waals surface area contributed by atoms with Crippen molar-refractivity contribution in [2.24, 2.45) is 0 Å². The summed E-state index contributed by atoms with van der Waals surface area (Å²) in [5, 5.41) is 15.3. The smallest absolute Gasteiger partial charge is 0.315 e. The number of carbonyl (C=O) groups is 1. The molecule has 1 aliphatic rings. The molecule has 1 aliphatic heterocycles. The minimum atomic E-state index is -0.894. The quantitative estimate of drug-likeness (QED) is 0.619. The Labute approximate surface area is 90.2 Å². The molecule has 1 fully saturated rings. The molecular weight excluding hydrogens is 196 g/mol. The molecule has 2 amide bonds. The molecule has 0 aromatic heterocycles. The van der Waals surface area contributed by atoms with Crippen LogP contribution >= 0.6 is 0 Å². The summed E-state index contributed by atoms with van der Waals surface area (Å²) < 4.78 is 5.07. The first-order valence-electron chi connectivity index (χ1n) is 5.17. The summed E-state index contributed by atoms with van der Waals surface area (Å²) in [6, 6.07) is -0.261. The molecule has 0 spiro atoms. The van der Waals surface area contributed by atoms with Crippen molar-refractivity contribution in [3.05, 3.63) is 0 Å². The molecular formula is C10H20N2O3. The number of carbonyl (C=O) groups excluding carboxylic acids is 1. The highest BCUT2D eigenvalue weighted by molar-refractivity contribution is 5.74. The summed E-state index contributed by atoms with van der Waals surface area (Å²) in [5.74, 6) is 0. The van der Waals surface area contributed by atoms with Gasteiger partial charge in [0, 0.05) is 18.6 Å². The van der Waals surface area contributed by atoms with Crippen LogP contribution in [0.4, 0.5) is 4.79 Å². The monoisotopic (exact) mass is 216 g/mol. The maximum atomic E-state index is 11.4. The van der Waals surface area contributed by atoms with E-state index in [0.29, 0.717) is 19.6 Å². The lowest BCUT2D eigenvalue weighted by atomic mass is 10.0. The summed E-state index contributed by atoms with van der Waals surface area (Å²) in [6.07, 6.45) is 0.572. The van der Waals surface area contributed by atoms with Crippen LogP contribution in [-0.2, 0) is 4.74 Å². The zero-order chi connectivity index (χ0) is 11.5. The summed E-state index contributed by atoms with van der Waals surface area (Å²) >= 11 is 0. The minimum Gasteiger partial charge on any atom is -0.386 e. The molecule has 1 heterocycles. The predicted molar refractivity (Wildman–Crippen MR) is 56.7 cm³/mol. The molecule has 0 aliphatic carbocycles. The summed E-state index contributed by atoms with van der Waals surface area (Å²) in [4.78, 5) is 11.4. The van der Waals surface area contributed by atoms with E-state index in [9.17, 15) is 9.90 Å². The second kappa shape index (κ2) is 4.37. The molecule has 1 saturated heterocycles. The Kier molecular flexibility index (Phi) is 3.57. The molecule has 88 valence electrons. The van der Waals surface area contributed by atoms with Crippen LogP contribution in [0.2, 0.25) is 0 Å². The fraction of sp³-hybridized carbons (Fsp3) is 0.900. The van der Waals surface area contributed by atoms with Gasteiger partial charge in [-0.2, -0.15) is 0 Å². The van der Waals surface area contributed by atoms with Gasteiger partial charge in [0.15, 0.2) is 0 Å². The van der Waals surface area contributed by atoms with E-state index in [1.165, 1.54) is 0 Å². The average molecular weight is 216 g/mol. The standard InChI is InChI=1S/C10H20N2O3/c1-9(2,3)12-8(13)11-6-10(14)4-5-15-7-10/h14H,4-7H2,1-3H3,(H2,11,12,13). The number of ether oxygens (including phenoxy) is 1. The number of hydrogen-bond acceptors (Lipinski definition) is 3. The van der Waals surface area contributed by atoms with Crippen molar-refractivity contribution in [3.63, 3.8) is 0 Å². The van der Waals surface area contributed by atoms with Gasteiger partial charge in [-0.1, -0.05) is 0 Å². The molecule has 5 heteroatoms. The molecule has 1 atom stereocenters. The van der Waals surface area contributed by atoms with E-state index in [1.54, 1.807) is 0 Å². The molecule has 15 heavy (non-hydrogen) atoms. The van der Waals surface area contributed by atoms with Gasteiger partial charge in [0.2, 0.25) is 0 Å². The van der Waals surface area contributed by atoms with Crippen molar-refractivity contribution in [3.8, 4) is 0 Å². The number of amides is 2. The Morgan fingerprint density at radius 1 is 1.53 bits per heavy atom. The number of urea groups is 1. The maximum Gasteiger partial charge on any atom is 0.315 e. The van der Waals surface area contributed by atoms with Crippen LogP contribution in [-0.4, -0.2) is 42.0 Å². The van der Waals surface area contributed by atoms with Gasteiger partial charge in [-0.25, -0.2) is 4.79 Å². The zero-order valence-corrected chi connectivity index (χ0v) is 9.59. The van der Waals surface area contributed by atoms with Crippen LogP contribution in [0.3, 0.4) is 0 Å². The third-order valence-electron chi connectivity index (χ3n) is 2.15. The molecule has 0 aromatic rings. The van der Waals surface area contributed by atoms with E-state index in [1.807, 2.05) is 20.8 Å². The van der Waals surface area contributed by atoms with E-state index in [4.69, 9.17) is 4.74 Å². The predicted octanol–water partition coefficient (Wildman–Crippen LogP) is 0.235. The van der Waals surface area contributed by atoms with Crippen LogP contribution in [0.25, 0.3) is 0 Å². The van der Waals surface area contributed by atoms with Crippen molar-refractivity contribution >= 4 is 6.03 Å². The van der Waals surface area contributed by atoms with E-state index >= 15 is 0 Å². The average Bonchev–Trinajstić information content (AvgIpc) is 2.47. The Morgan fingerprint density at radius 2 is 2.20 bits per heavy atom. The molecule has 5 nitrogen and oxygen atoms in total. The highest BCUT2D eigenvalue weighted by Gasteiger charge is 2.32. The van der Waals surface area contributed by atoms with Crippen LogP contribution in [0, 0.1) is 0 Å². The molecule has 1 rings (SSSR count). The van der Waals surface area contributed by atoms with Crippen molar-refractivity contribution in [2.45, 2.75) is 38.3 Å². The fourth-order valence-electron chi connectivity index (χ4n) is 1.37. The zero-order valence-electron chi connectivity index (χ0n) is 9.59. The number of nitrogens with one attached hydrogen (secondary N) is 2. The molecule has 0 saturated carbocycles. The second-order valence-electron chi connectivity index (χ2n) is 5.08. The van der Waals surface area contributed by atoms with E-state index in [2.05, 4.69) is 10.6 Å². The number of rotatable bonds is 2. The third-order valence-corrected chi connectivity index (χ3v) is 2.15. The van der Waals surface area contributed by atoms with Crippen LogP contribution in [0.15, 0.2) is 0 Å². The van der Waals surface area contributed by atoms with Gasteiger partial charge in [-0.15, -0.1) is 0 Å². The SMILES string of the molecule is CC(C)(C)NC(=O)NCC1(O)CCOC1. The van der Waals surface area contributed by atoms with Gasteiger partial charge in [0.05, 0.1) is 13.2 Å². The topological polar surface area (TPSA) is 70.6 Å². The minimum absolute atomic E-state index is 0.231. The first-order valence-corrected chi connectivity index (χ1v) is 5.17. The maximum absolute atomic E-state index is 11.4. The highest BCUT2D eigenvalue weighted by atomic mass is 16.5. The largest absolute Gasteiger partial charge is 0.386 e. The Morgan fingerprint density at radius 3 is 2.67 bits per heavy atom. The van der Waals surface area contributed by atoms with Crippen molar-refractivity contribution in [2.75, 3.05) is 19.8 Å². The van der Waals surface area contributed by atoms with Gasteiger partial charge in [0.25, 0.3) is 0 Å². The molecule has 0 radical (unpaired) electrons. The highest BCUT2D eigenvalue weighted by Crippen LogP contribution is 2.16. The molecule has 1 unspecified atom stereocenters. The first kappa shape index (κ1) is 12.3. The molecule has 0 aromatic carbocycles. The number of hydrogen-bond donors (Lipinski definition) is 3. The summed E-state index contributed by atoms with van der Waals surface area (Å²) in [5.41, 5.74) is -1.16. The van der Waals surface area contributed by atoms with Crippen molar-refractivity contribution < 1.29 is 14.6 Å². The second-order valence-corrected chi connectivity index (χ2v) is 5.08. The third kappa shape index (κ3) is 4.48. The summed E-state index contributed by atoms with van der Waals surface area (Å²) in [7, 11) is 0. The Balaban J connectivity index is 2.28. The normalized spacial score (nSPS) is 26.4. The van der Waals surface area contributed by atoms with E-state index in [-0.39, 0.29) is 18.1 Å². The van der Waals surface area contributed by atoms with Gasteiger partial charge >= 0.3 is 6.03 Å². The van der Waals surface area contributed by atoms with E-state index < -0.39 is 5.60 Å². The lowest BCUT2D eigenvalue weighted by Gasteiger charge is -2.24. The van der Waals surface area contributed by atoms with E-state index in [0.717, 1.165) is 0 Å². The van der Waals surface area contributed by atoms with Gasteiger partial charge in [0.1, 0.15) is 5.60 Å². The van der Waals surface area contributed by atoms with Crippen LogP contribution in [0.5, 0.6) is 0 Å². The summed E-state index contributed by atoms with van der Waals surface area (Å²) in [6.45, 7) is 6.79. The molecule has 3 N–H and O–H groups in total. The van der Waals surface area contributed by atoms with Gasteiger partial charge < -0.3 is 20.5 Å². The van der Waals surface area contributed by atoms with Gasteiger partial charge in [-0.3, -0.25) is 0 Å². The Hall–Kier alpha value is -0.810. The van der Waals surface area contributed by atoms with Crippen LogP contribution in [0.1, 0.15) is 27.2 Å². The lowest BCUT2D eigenvalue weighted by molar-refractivity contribution is 0.0290. The fourth-order valence-corrected chi connectivity index (χ4v) is 1.37. The number of aliphatic hydroxyl groups is 1. The van der Waals surface area contributed by atoms with Crippen molar-refractivity contribution in [1.82, 2.24) is 10.6 Å². The van der Waals surface area contributed by atoms with Crippen LogP contribution < -0.4 is 10.6 Å². The first-order chi connectivity index (χ1) is 6.81. The lowest BCUT2D eigenvalue weighted by Crippen LogP contribution is -2.51. The van der Waals surface area contributed by atoms with Gasteiger partial charge in [-0.05, 0) is 20.8 Å². The molecule has 0 bridgehead atoms. The Bertz CT molecular complexity index is 229. The van der Waals surface area contributed by atoms with Crippen molar-refractivity contribution in [1.29, 1.82) is 0 Å².